The van der Waals surface area contributed by atoms with E-state index in [-0.39, 0.29) is 24.9 Å². The lowest BCUT2D eigenvalue weighted by atomic mass is 10.2. The van der Waals surface area contributed by atoms with Gasteiger partial charge in [0.1, 0.15) is 18.5 Å². The summed E-state index contributed by atoms with van der Waals surface area (Å²) in [5.41, 5.74) is 1.44. The van der Waals surface area contributed by atoms with Crippen molar-refractivity contribution in [1.82, 2.24) is 9.88 Å². The van der Waals surface area contributed by atoms with E-state index in [1.54, 1.807) is 23.2 Å². The molecule has 0 aliphatic carbocycles. The zero-order chi connectivity index (χ0) is 19.5. The van der Waals surface area contributed by atoms with Gasteiger partial charge in [-0.1, -0.05) is 30.3 Å². The van der Waals surface area contributed by atoms with E-state index in [0.717, 1.165) is 5.56 Å². The fourth-order valence-electron chi connectivity index (χ4n) is 2.42. The largest absolute Gasteiger partial charge is 0.464 e. The minimum Gasteiger partial charge on any atom is -0.464 e. The fraction of sp³-hybridized carbons (Fsp3) is 0.300. The number of anilines is 1. The highest BCUT2D eigenvalue weighted by Gasteiger charge is 2.12. The number of esters is 1. The molecule has 0 aliphatic rings. The Morgan fingerprint density at radius 2 is 2.00 bits per heavy atom. The lowest BCUT2D eigenvalue weighted by Crippen LogP contribution is -2.31. The van der Waals surface area contributed by atoms with Gasteiger partial charge in [-0.25, -0.2) is 4.98 Å². The number of nitrogens with one attached hydrogen (secondary N) is 1. The SMILES string of the molecule is CC(=O)N(CCC(=O)OCCNc1ncccc1C#N)Cc1ccccc1. The minimum absolute atomic E-state index is 0.0903. The van der Waals surface area contributed by atoms with Gasteiger partial charge in [-0.15, -0.1) is 0 Å². The van der Waals surface area contributed by atoms with Gasteiger partial charge >= 0.3 is 5.97 Å². The number of hydrogen-bond donors (Lipinski definition) is 1. The Morgan fingerprint density at radius 1 is 1.22 bits per heavy atom. The Morgan fingerprint density at radius 3 is 2.70 bits per heavy atom. The van der Waals surface area contributed by atoms with Gasteiger partial charge in [0, 0.05) is 26.2 Å². The molecule has 0 spiro atoms. The molecule has 0 aliphatic heterocycles. The molecule has 2 rings (SSSR count). The van der Waals surface area contributed by atoms with Crippen LogP contribution in [-0.2, 0) is 20.9 Å². The van der Waals surface area contributed by atoms with Gasteiger partial charge < -0.3 is 15.0 Å². The van der Waals surface area contributed by atoms with Crippen LogP contribution < -0.4 is 5.32 Å². The van der Waals surface area contributed by atoms with Gasteiger partial charge in [0.05, 0.1) is 18.5 Å². The lowest BCUT2D eigenvalue weighted by molar-refractivity contribution is -0.144. The van der Waals surface area contributed by atoms with Gasteiger partial charge in [-0.2, -0.15) is 5.26 Å². The molecule has 0 fully saturated rings. The first-order valence-corrected chi connectivity index (χ1v) is 8.64. The number of nitrogens with zero attached hydrogens (tertiary/aromatic N) is 3. The van der Waals surface area contributed by atoms with Gasteiger partial charge in [-0.05, 0) is 17.7 Å². The topological polar surface area (TPSA) is 95.3 Å². The molecule has 0 bridgehead atoms. The summed E-state index contributed by atoms with van der Waals surface area (Å²) in [6.45, 7) is 2.74. The molecule has 1 aromatic heterocycles. The highest BCUT2D eigenvalue weighted by molar-refractivity contribution is 5.75. The van der Waals surface area contributed by atoms with Crippen LogP contribution in [0.25, 0.3) is 0 Å². The van der Waals surface area contributed by atoms with E-state index in [0.29, 0.717) is 31.0 Å². The van der Waals surface area contributed by atoms with Crippen LogP contribution in [0.5, 0.6) is 0 Å². The van der Waals surface area contributed by atoms with Crippen LogP contribution >= 0.6 is 0 Å². The van der Waals surface area contributed by atoms with Gasteiger partial charge in [0.2, 0.25) is 5.91 Å². The van der Waals surface area contributed by atoms with Gasteiger partial charge in [0.15, 0.2) is 0 Å². The van der Waals surface area contributed by atoms with Crippen molar-refractivity contribution in [2.45, 2.75) is 19.9 Å². The van der Waals surface area contributed by atoms with Gasteiger partial charge in [-0.3, -0.25) is 9.59 Å². The fourth-order valence-corrected chi connectivity index (χ4v) is 2.42. The maximum Gasteiger partial charge on any atom is 0.307 e. The Bertz CT molecular complexity index is 802. The summed E-state index contributed by atoms with van der Waals surface area (Å²) in [7, 11) is 0. The molecule has 0 saturated heterocycles. The predicted octanol–water partition coefficient (Wildman–Crippen LogP) is 2.35. The quantitative estimate of drug-likeness (QED) is 0.541. The van der Waals surface area contributed by atoms with Crippen LogP contribution in [0, 0.1) is 11.3 Å². The first kappa shape index (κ1) is 19.9. The minimum atomic E-state index is -0.377. The normalized spacial score (nSPS) is 9.93. The molecule has 1 aromatic carbocycles. The Kier molecular flexibility index (Phi) is 7.79. The van der Waals surface area contributed by atoms with Crippen molar-refractivity contribution < 1.29 is 14.3 Å². The van der Waals surface area contributed by atoms with Crippen molar-refractivity contribution in [3.63, 3.8) is 0 Å². The molecule has 7 nitrogen and oxygen atoms in total. The number of amides is 1. The van der Waals surface area contributed by atoms with E-state index in [1.165, 1.54) is 6.92 Å². The molecule has 27 heavy (non-hydrogen) atoms. The second kappa shape index (κ2) is 10.6. The molecule has 0 atom stereocenters. The smallest absolute Gasteiger partial charge is 0.307 e. The number of nitriles is 1. The average Bonchev–Trinajstić information content (AvgIpc) is 2.69. The van der Waals surface area contributed by atoms with E-state index in [1.807, 2.05) is 36.4 Å². The first-order chi connectivity index (χ1) is 13.1. The highest BCUT2D eigenvalue weighted by Crippen LogP contribution is 2.09. The first-order valence-electron chi connectivity index (χ1n) is 8.64. The molecule has 0 radical (unpaired) electrons. The monoisotopic (exact) mass is 366 g/mol. The molecule has 2 aromatic rings. The van der Waals surface area contributed by atoms with E-state index >= 15 is 0 Å². The third kappa shape index (κ3) is 6.78. The highest BCUT2D eigenvalue weighted by atomic mass is 16.5. The molecule has 1 heterocycles. The summed E-state index contributed by atoms with van der Waals surface area (Å²) < 4.78 is 5.17. The summed E-state index contributed by atoms with van der Waals surface area (Å²) >= 11 is 0. The number of carbonyl (C=O) groups excluding carboxylic acids is 2. The van der Waals surface area contributed by atoms with Crippen molar-refractivity contribution in [3.05, 3.63) is 59.8 Å². The van der Waals surface area contributed by atoms with Crippen LogP contribution in [0.1, 0.15) is 24.5 Å². The van der Waals surface area contributed by atoms with Crippen LogP contribution in [-0.4, -0.2) is 41.5 Å². The number of carbonyl (C=O) groups is 2. The molecular formula is C20H22N4O3. The zero-order valence-corrected chi connectivity index (χ0v) is 15.2. The van der Waals surface area contributed by atoms with Crippen molar-refractivity contribution in [2.24, 2.45) is 0 Å². The molecule has 7 heteroatoms. The van der Waals surface area contributed by atoms with Crippen LogP contribution in [0.3, 0.4) is 0 Å². The number of rotatable bonds is 9. The molecule has 1 N–H and O–H groups in total. The number of pyridine rings is 1. The van der Waals surface area contributed by atoms with Crippen molar-refractivity contribution in [1.29, 1.82) is 5.26 Å². The third-order valence-electron chi connectivity index (χ3n) is 3.83. The van der Waals surface area contributed by atoms with Crippen LogP contribution in [0.15, 0.2) is 48.7 Å². The molecular weight excluding hydrogens is 344 g/mol. The second-order valence-electron chi connectivity index (χ2n) is 5.83. The molecule has 1 amide bonds. The van der Waals surface area contributed by atoms with Crippen molar-refractivity contribution in [3.8, 4) is 6.07 Å². The maximum atomic E-state index is 11.9. The number of ether oxygens (including phenoxy) is 1. The Hall–Kier alpha value is -3.40. The van der Waals surface area contributed by atoms with Crippen molar-refractivity contribution >= 4 is 17.7 Å². The standard InChI is InChI=1S/C20H22N4O3/c1-16(25)24(15-17-6-3-2-4-7-17)12-9-19(26)27-13-11-23-20-18(14-21)8-5-10-22-20/h2-8,10H,9,11-13,15H2,1H3,(H,22,23). The van der Waals surface area contributed by atoms with Crippen LogP contribution in [0.2, 0.25) is 0 Å². The molecule has 0 saturated carbocycles. The van der Waals surface area contributed by atoms with Gasteiger partial charge in [0.25, 0.3) is 0 Å². The lowest BCUT2D eigenvalue weighted by Gasteiger charge is -2.20. The Labute approximate surface area is 158 Å². The molecule has 0 unspecified atom stereocenters. The van der Waals surface area contributed by atoms with Crippen LogP contribution in [0.4, 0.5) is 5.82 Å². The second-order valence-corrected chi connectivity index (χ2v) is 5.83. The average molecular weight is 366 g/mol. The zero-order valence-electron chi connectivity index (χ0n) is 15.2. The van der Waals surface area contributed by atoms with E-state index in [4.69, 9.17) is 10.00 Å². The van der Waals surface area contributed by atoms with E-state index < -0.39 is 0 Å². The number of hydrogen-bond acceptors (Lipinski definition) is 6. The van der Waals surface area contributed by atoms with E-state index in [9.17, 15) is 9.59 Å². The third-order valence-corrected chi connectivity index (χ3v) is 3.83. The predicted molar refractivity (Wildman–Crippen MR) is 101 cm³/mol. The number of aromatic nitrogens is 1. The summed E-state index contributed by atoms with van der Waals surface area (Å²) in [5.74, 6) is -0.00758. The number of benzene rings is 1. The van der Waals surface area contributed by atoms with Crippen molar-refractivity contribution in [2.75, 3.05) is 25.0 Å². The summed E-state index contributed by atoms with van der Waals surface area (Å²) in [6, 6.07) is 15.0. The van der Waals surface area contributed by atoms with E-state index in [2.05, 4.69) is 10.3 Å². The summed E-state index contributed by atoms with van der Waals surface area (Å²) in [4.78, 5) is 29.3. The summed E-state index contributed by atoms with van der Waals surface area (Å²) in [6.07, 6.45) is 1.71. The Balaban J connectivity index is 1.71. The summed E-state index contributed by atoms with van der Waals surface area (Å²) in [5, 5.41) is 11.9. The molecule has 140 valence electrons. The maximum absolute atomic E-state index is 11.9.